The van der Waals surface area contributed by atoms with E-state index < -0.39 is 12.0 Å². The molecule has 0 bridgehead atoms. The van der Waals surface area contributed by atoms with Gasteiger partial charge in [0, 0.05) is 20.8 Å². The zero-order valence-electron chi connectivity index (χ0n) is 10.4. The maximum atomic E-state index is 10.9. The summed E-state index contributed by atoms with van der Waals surface area (Å²) in [5, 5.41) is 12.0. The van der Waals surface area contributed by atoms with Gasteiger partial charge in [-0.25, -0.2) is 0 Å². The van der Waals surface area contributed by atoms with E-state index in [4.69, 9.17) is 14.6 Å². The summed E-state index contributed by atoms with van der Waals surface area (Å²) in [6, 6.07) is -0.491. The average molecular weight is 233 g/mol. The molecule has 0 amide bonds. The third kappa shape index (κ3) is 6.76. The fraction of sp³-hybridized carbons (Fsp3) is 0.909. The molecule has 0 aromatic carbocycles. The number of carboxylic acid groups (broad SMARTS) is 1. The number of hydrogen-bond donors (Lipinski definition) is 2. The first-order valence-electron chi connectivity index (χ1n) is 5.63. The van der Waals surface area contributed by atoms with Crippen LogP contribution in [-0.4, -0.2) is 50.6 Å². The van der Waals surface area contributed by atoms with Crippen LogP contribution in [0.5, 0.6) is 0 Å². The Morgan fingerprint density at radius 2 is 2.12 bits per heavy atom. The van der Waals surface area contributed by atoms with E-state index in [9.17, 15) is 4.79 Å². The fourth-order valence-electron chi connectivity index (χ4n) is 1.39. The van der Waals surface area contributed by atoms with Gasteiger partial charge in [0.2, 0.25) is 0 Å². The van der Waals surface area contributed by atoms with E-state index in [1.54, 1.807) is 14.2 Å². The predicted octanol–water partition coefficient (Wildman–Crippen LogP) is 0.881. The number of carbonyl (C=O) groups is 1. The smallest absolute Gasteiger partial charge is 0.320 e. The van der Waals surface area contributed by atoms with Gasteiger partial charge in [-0.2, -0.15) is 0 Å². The first kappa shape index (κ1) is 15.3. The van der Waals surface area contributed by atoms with Crippen LogP contribution in [-0.2, 0) is 14.3 Å². The van der Waals surface area contributed by atoms with Crippen LogP contribution in [0.1, 0.15) is 26.2 Å². The van der Waals surface area contributed by atoms with E-state index in [1.807, 2.05) is 6.92 Å². The Kier molecular flexibility index (Phi) is 9.18. The molecule has 0 aliphatic rings. The van der Waals surface area contributed by atoms with Crippen LogP contribution in [0.2, 0.25) is 0 Å². The van der Waals surface area contributed by atoms with Gasteiger partial charge in [-0.15, -0.1) is 0 Å². The number of ether oxygens (including phenoxy) is 2. The second-order valence-corrected chi connectivity index (χ2v) is 3.75. The molecule has 16 heavy (non-hydrogen) atoms. The van der Waals surface area contributed by atoms with Crippen molar-refractivity contribution in [3.05, 3.63) is 0 Å². The predicted molar refractivity (Wildman–Crippen MR) is 61.6 cm³/mol. The van der Waals surface area contributed by atoms with Crippen LogP contribution in [0.15, 0.2) is 0 Å². The summed E-state index contributed by atoms with van der Waals surface area (Å²) in [4.78, 5) is 10.9. The lowest BCUT2D eigenvalue weighted by atomic mass is 10.1. The van der Waals surface area contributed by atoms with Gasteiger partial charge in [-0.3, -0.25) is 4.79 Å². The molecule has 0 aliphatic heterocycles. The van der Waals surface area contributed by atoms with E-state index in [1.165, 1.54) is 0 Å². The number of methoxy groups -OCH3 is 2. The van der Waals surface area contributed by atoms with E-state index >= 15 is 0 Å². The van der Waals surface area contributed by atoms with Crippen molar-refractivity contribution in [1.82, 2.24) is 5.32 Å². The maximum absolute atomic E-state index is 10.9. The molecule has 0 aliphatic carbocycles. The Balaban J connectivity index is 3.93. The summed E-state index contributed by atoms with van der Waals surface area (Å²) in [5.41, 5.74) is 0. The lowest BCUT2D eigenvalue weighted by Gasteiger charge is -2.19. The Hall–Kier alpha value is -0.650. The molecule has 5 heteroatoms. The zero-order valence-corrected chi connectivity index (χ0v) is 10.4. The van der Waals surface area contributed by atoms with Gasteiger partial charge in [0.05, 0.1) is 12.7 Å². The highest BCUT2D eigenvalue weighted by atomic mass is 16.5. The van der Waals surface area contributed by atoms with Crippen molar-refractivity contribution < 1.29 is 19.4 Å². The molecular weight excluding hydrogens is 210 g/mol. The highest BCUT2D eigenvalue weighted by Gasteiger charge is 2.17. The molecular formula is C11H23NO4. The summed E-state index contributed by atoms with van der Waals surface area (Å²) in [6.45, 7) is 3.00. The minimum absolute atomic E-state index is 0.103. The van der Waals surface area contributed by atoms with Gasteiger partial charge in [0.25, 0.3) is 0 Å². The summed E-state index contributed by atoms with van der Waals surface area (Å²) in [5.74, 6) is -0.805. The molecule has 0 saturated carbocycles. The number of hydrogen-bond acceptors (Lipinski definition) is 4. The molecule has 2 unspecified atom stereocenters. The van der Waals surface area contributed by atoms with E-state index in [0.29, 0.717) is 19.6 Å². The lowest BCUT2D eigenvalue weighted by molar-refractivity contribution is -0.139. The summed E-state index contributed by atoms with van der Waals surface area (Å²) >= 11 is 0. The van der Waals surface area contributed by atoms with Crippen LogP contribution in [0.4, 0.5) is 0 Å². The molecule has 96 valence electrons. The molecule has 0 heterocycles. The second-order valence-electron chi connectivity index (χ2n) is 3.75. The first-order chi connectivity index (χ1) is 7.65. The van der Waals surface area contributed by atoms with E-state index in [-0.39, 0.29) is 6.10 Å². The first-order valence-corrected chi connectivity index (χ1v) is 5.63. The standard InChI is InChI=1S/C11H23NO4/c1-4-5-6-10(11(13)14)12-7-9(16-3)8-15-2/h9-10,12H,4-8H2,1-3H3,(H,13,14). The van der Waals surface area contributed by atoms with Gasteiger partial charge in [-0.1, -0.05) is 19.8 Å². The molecule has 2 atom stereocenters. The van der Waals surface area contributed by atoms with Gasteiger partial charge in [0.1, 0.15) is 6.04 Å². The molecule has 0 radical (unpaired) electrons. The highest BCUT2D eigenvalue weighted by Crippen LogP contribution is 2.01. The van der Waals surface area contributed by atoms with Gasteiger partial charge >= 0.3 is 5.97 Å². The molecule has 0 rings (SSSR count). The topological polar surface area (TPSA) is 67.8 Å². The SMILES string of the molecule is CCCCC(NCC(COC)OC)C(=O)O. The Morgan fingerprint density at radius 3 is 2.56 bits per heavy atom. The number of aliphatic carboxylic acids is 1. The molecule has 0 spiro atoms. The number of nitrogens with one attached hydrogen (secondary N) is 1. The summed E-state index contributed by atoms with van der Waals surface area (Å²) < 4.78 is 10.1. The monoisotopic (exact) mass is 233 g/mol. The van der Waals surface area contributed by atoms with Gasteiger partial charge < -0.3 is 19.9 Å². The lowest BCUT2D eigenvalue weighted by Crippen LogP contribution is -2.42. The van der Waals surface area contributed by atoms with Gasteiger partial charge in [0.15, 0.2) is 0 Å². The van der Waals surface area contributed by atoms with Crippen LogP contribution < -0.4 is 5.32 Å². The molecule has 0 saturated heterocycles. The highest BCUT2D eigenvalue weighted by molar-refractivity contribution is 5.73. The molecule has 0 aromatic heterocycles. The van der Waals surface area contributed by atoms with Crippen molar-refractivity contribution in [3.8, 4) is 0 Å². The Bertz CT molecular complexity index is 187. The zero-order chi connectivity index (χ0) is 12.4. The van der Waals surface area contributed by atoms with Crippen molar-refractivity contribution in [1.29, 1.82) is 0 Å². The van der Waals surface area contributed by atoms with E-state index in [2.05, 4.69) is 5.32 Å². The van der Waals surface area contributed by atoms with Crippen molar-refractivity contribution in [2.75, 3.05) is 27.4 Å². The number of rotatable bonds is 10. The molecule has 0 aromatic rings. The number of carboxylic acids is 1. The van der Waals surface area contributed by atoms with Crippen LogP contribution in [0.25, 0.3) is 0 Å². The minimum atomic E-state index is -0.805. The van der Waals surface area contributed by atoms with Crippen LogP contribution in [0, 0.1) is 0 Å². The van der Waals surface area contributed by atoms with Crippen LogP contribution in [0.3, 0.4) is 0 Å². The van der Waals surface area contributed by atoms with Gasteiger partial charge in [-0.05, 0) is 6.42 Å². The normalized spacial score (nSPS) is 14.7. The maximum Gasteiger partial charge on any atom is 0.320 e. The van der Waals surface area contributed by atoms with Crippen molar-refractivity contribution in [3.63, 3.8) is 0 Å². The quantitative estimate of drug-likeness (QED) is 0.586. The average Bonchev–Trinajstić information content (AvgIpc) is 2.27. The Labute approximate surface area is 97.1 Å². The van der Waals surface area contributed by atoms with E-state index in [0.717, 1.165) is 12.8 Å². The molecule has 0 fully saturated rings. The van der Waals surface area contributed by atoms with Crippen molar-refractivity contribution >= 4 is 5.97 Å². The summed E-state index contributed by atoms with van der Waals surface area (Å²) in [7, 11) is 3.19. The number of unbranched alkanes of at least 4 members (excludes halogenated alkanes) is 1. The second kappa shape index (κ2) is 9.57. The van der Waals surface area contributed by atoms with Crippen molar-refractivity contribution in [2.24, 2.45) is 0 Å². The fourth-order valence-corrected chi connectivity index (χ4v) is 1.39. The minimum Gasteiger partial charge on any atom is -0.480 e. The third-order valence-electron chi connectivity index (χ3n) is 2.42. The van der Waals surface area contributed by atoms with Crippen LogP contribution >= 0.6 is 0 Å². The molecule has 5 nitrogen and oxygen atoms in total. The van der Waals surface area contributed by atoms with Crippen molar-refractivity contribution in [2.45, 2.75) is 38.3 Å². The molecule has 2 N–H and O–H groups in total. The largest absolute Gasteiger partial charge is 0.480 e. The Morgan fingerprint density at radius 1 is 1.44 bits per heavy atom. The summed E-state index contributed by atoms with van der Waals surface area (Å²) in [6.07, 6.45) is 2.45. The third-order valence-corrected chi connectivity index (χ3v) is 2.42.